The first-order valence-electron chi connectivity index (χ1n) is 9.41. The second-order valence-electron chi connectivity index (χ2n) is 7.52. The van der Waals surface area contributed by atoms with Crippen LogP contribution in [0, 0.1) is 26.7 Å². The van der Waals surface area contributed by atoms with Crippen molar-refractivity contribution in [2.75, 3.05) is 0 Å². The van der Waals surface area contributed by atoms with Crippen molar-refractivity contribution in [2.45, 2.75) is 66.0 Å². The van der Waals surface area contributed by atoms with Gasteiger partial charge < -0.3 is 14.6 Å². The lowest BCUT2D eigenvalue weighted by molar-refractivity contribution is 0.0899. The molecule has 0 bridgehead atoms. The summed E-state index contributed by atoms with van der Waals surface area (Å²) in [5.41, 5.74) is 3.34. The number of rotatable bonds is 5. The average molecular weight is 356 g/mol. The highest BCUT2D eigenvalue weighted by atomic mass is 16.5. The van der Waals surface area contributed by atoms with E-state index >= 15 is 0 Å². The smallest absolute Gasteiger partial charge is 0.274 e. The van der Waals surface area contributed by atoms with Crippen molar-refractivity contribution in [2.24, 2.45) is 5.92 Å². The third kappa shape index (κ3) is 4.26. The number of nitrogens with one attached hydrogen (secondary N) is 1. The molecule has 0 spiro atoms. The number of benzene rings is 1. The Balaban J connectivity index is 1.70. The van der Waals surface area contributed by atoms with Gasteiger partial charge in [-0.05, 0) is 62.8 Å². The molecule has 2 atom stereocenters. The first kappa shape index (κ1) is 18.5. The Hall–Kier alpha value is -2.30. The van der Waals surface area contributed by atoms with Crippen molar-refractivity contribution in [1.29, 1.82) is 0 Å². The quantitative estimate of drug-likeness (QED) is 0.857. The van der Waals surface area contributed by atoms with Crippen LogP contribution >= 0.6 is 0 Å². The minimum absolute atomic E-state index is 0.167. The van der Waals surface area contributed by atoms with Crippen LogP contribution in [-0.2, 0) is 6.61 Å². The third-order valence-electron chi connectivity index (χ3n) is 5.21. The molecule has 1 aliphatic carbocycles. The van der Waals surface area contributed by atoms with E-state index in [1.807, 2.05) is 32.9 Å². The zero-order valence-electron chi connectivity index (χ0n) is 16.1. The molecule has 2 aromatic rings. The lowest BCUT2D eigenvalue weighted by Gasteiger charge is -2.29. The van der Waals surface area contributed by atoms with Crippen LogP contribution in [0.1, 0.15) is 65.5 Å². The largest absolute Gasteiger partial charge is 0.489 e. The van der Waals surface area contributed by atoms with E-state index in [1.54, 1.807) is 0 Å². The predicted molar refractivity (Wildman–Crippen MR) is 100 cm³/mol. The highest BCUT2D eigenvalue weighted by Gasteiger charge is 2.27. The molecule has 5 heteroatoms. The standard InChI is InChI=1S/C21H28N2O3/c1-13-9-14(2)11-17(10-13)25-12-18-16(4)26-23-20(18)21(24)22-19-8-6-5-7-15(19)3/h9-11,15,19H,5-8,12H2,1-4H3,(H,22,24). The molecule has 1 aromatic carbocycles. The van der Waals surface area contributed by atoms with Crippen molar-refractivity contribution in [3.05, 3.63) is 46.3 Å². The number of hydrogen-bond donors (Lipinski definition) is 1. The summed E-state index contributed by atoms with van der Waals surface area (Å²) < 4.78 is 11.2. The number of carbonyl (C=O) groups is 1. The van der Waals surface area contributed by atoms with Gasteiger partial charge in [-0.3, -0.25) is 4.79 Å². The van der Waals surface area contributed by atoms with Crippen molar-refractivity contribution >= 4 is 5.91 Å². The second kappa shape index (κ2) is 7.94. The van der Waals surface area contributed by atoms with Gasteiger partial charge in [0.2, 0.25) is 0 Å². The van der Waals surface area contributed by atoms with Crippen LogP contribution < -0.4 is 10.1 Å². The molecule has 1 saturated carbocycles. The molecule has 2 unspecified atom stereocenters. The van der Waals surface area contributed by atoms with E-state index in [1.165, 1.54) is 6.42 Å². The van der Waals surface area contributed by atoms with E-state index in [0.717, 1.165) is 36.1 Å². The van der Waals surface area contributed by atoms with Gasteiger partial charge in [0.05, 0.1) is 5.56 Å². The summed E-state index contributed by atoms with van der Waals surface area (Å²) in [6, 6.07) is 6.28. The van der Waals surface area contributed by atoms with E-state index in [2.05, 4.69) is 23.5 Å². The van der Waals surface area contributed by atoms with Gasteiger partial charge in [-0.25, -0.2) is 0 Å². The first-order chi connectivity index (χ1) is 12.4. The molecule has 1 heterocycles. The van der Waals surface area contributed by atoms with Crippen molar-refractivity contribution < 1.29 is 14.1 Å². The topological polar surface area (TPSA) is 64.4 Å². The fraction of sp³-hybridized carbons (Fsp3) is 0.524. The summed E-state index contributed by atoms with van der Waals surface area (Å²) in [5.74, 6) is 1.74. The maximum atomic E-state index is 12.7. The van der Waals surface area contributed by atoms with Gasteiger partial charge in [-0.1, -0.05) is 31.0 Å². The molecular weight excluding hydrogens is 328 g/mol. The predicted octanol–water partition coefficient (Wildman–Crippen LogP) is 4.49. The number of carbonyl (C=O) groups excluding carboxylic acids is 1. The molecule has 0 radical (unpaired) electrons. The normalized spacial score (nSPS) is 20.0. The van der Waals surface area contributed by atoms with E-state index < -0.39 is 0 Å². The average Bonchev–Trinajstić information content (AvgIpc) is 2.95. The van der Waals surface area contributed by atoms with Crippen LogP contribution in [0.4, 0.5) is 0 Å². The molecule has 140 valence electrons. The van der Waals surface area contributed by atoms with Crippen molar-refractivity contribution in [3.8, 4) is 5.75 Å². The van der Waals surface area contributed by atoms with Crippen LogP contribution in [0.5, 0.6) is 5.75 Å². The Morgan fingerprint density at radius 2 is 1.88 bits per heavy atom. The van der Waals surface area contributed by atoms with Crippen molar-refractivity contribution in [3.63, 3.8) is 0 Å². The van der Waals surface area contributed by atoms with Gasteiger partial charge in [0.15, 0.2) is 5.69 Å². The van der Waals surface area contributed by atoms with Crippen LogP contribution in [-0.4, -0.2) is 17.1 Å². The highest BCUT2D eigenvalue weighted by molar-refractivity contribution is 5.94. The molecule has 3 rings (SSSR count). The zero-order valence-corrected chi connectivity index (χ0v) is 16.1. The second-order valence-corrected chi connectivity index (χ2v) is 7.52. The van der Waals surface area contributed by atoms with Gasteiger partial charge in [0, 0.05) is 6.04 Å². The number of aromatic nitrogens is 1. The molecule has 0 saturated heterocycles. The highest BCUT2D eigenvalue weighted by Crippen LogP contribution is 2.25. The molecular formula is C21H28N2O3. The Labute approximate surface area is 155 Å². The summed E-state index contributed by atoms with van der Waals surface area (Å²) in [5, 5.41) is 7.12. The van der Waals surface area contributed by atoms with Crippen LogP contribution in [0.15, 0.2) is 22.7 Å². The zero-order chi connectivity index (χ0) is 18.7. The monoisotopic (exact) mass is 356 g/mol. The Morgan fingerprint density at radius 3 is 2.58 bits per heavy atom. The first-order valence-corrected chi connectivity index (χ1v) is 9.41. The summed E-state index contributed by atoms with van der Waals surface area (Å²) in [6.45, 7) is 8.35. The molecule has 1 N–H and O–H groups in total. The number of nitrogens with zero attached hydrogens (tertiary/aromatic N) is 1. The summed E-state index contributed by atoms with van der Waals surface area (Å²) >= 11 is 0. The van der Waals surface area contributed by atoms with E-state index in [-0.39, 0.29) is 18.6 Å². The van der Waals surface area contributed by atoms with Gasteiger partial charge in [-0.2, -0.15) is 0 Å². The maximum absolute atomic E-state index is 12.7. The van der Waals surface area contributed by atoms with Gasteiger partial charge >= 0.3 is 0 Å². The lowest BCUT2D eigenvalue weighted by atomic mass is 9.86. The number of aryl methyl sites for hydroxylation is 3. The molecule has 1 amide bonds. The minimum atomic E-state index is -0.167. The molecule has 1 aromatic heterocycles. The van der Waals surface area contributed by atoms with Gasteiger partial charge in [-0.15, -0.1) is 0 Å². The van der Waals surface area contributed by atoms with E-state index in [0.29, 0.717) is 22.9 Å². The van der Waals surface area contributed by atoms with Gasteiger partial charge in [0.1, 0.15) is 18.1 Å². The molecule has 5 nitrogen and oxygen atoms in total. The summed E-state index contributed by atoms with van der Waals surface area (Å²) in [4.78, 5) is 12.7. The fourth-order valence-electron chi connectivity index (χ4n) is 3.68. The molecule has 26 heavy (non-hydrogen) atoms. The van der Waals surface area contributed by atoms with E-state index in [9.17, 15) is 4.79 Å². The maximum Gasteiger partial charge on any atom is 0.274 e. The summed E-state index contributed by atoms with van der Waals surface area (Å²) in [7, 11) is 0. The molecule has 0 aliphatic heterocycles. The van der Waals surface area contributed by atoms with Crippen LogP contribution in [0.25, 0.3) is 0 Å². The van der Waals surface area contributed by atoms with Gasteiger partial charge in [0.25, 0.3) is 5.91 Å². The third-order valence-corrected chi connectivity index (χ3v) is 5.21. The Kier molecular flexibility index (Phi) is 5.64. The minimum Gasteiger partial charge on any atom is -0.489 e. The van der Waals surface area contributed by atoms with E-state index in [4.69, 9.17) is 9.26 Å². The lowest BCUT2D eigenvalue weighted by Crippen LogP contribution is -2.41. The molecule has 1 aliphatic rings. The number of ether oxygens (including phenoxy) is 1. The molecule has 1 fully saturated rings. The Bertz CT molecular complexity index is 761. The number of hydrogen-bond acceptors (Lipinski definition) is 4. The van der Waals surface area contributed by atoms with Crippen molar-refractivity contribution in [1.82, 2.24) is 10.5 Å². The SMILES string of the molecule is Cc1cc(C)cc(OCc2c(C(=O)NC3CCCCC3C)noc2C)c1. The number of amides is 1. The Morgan fingerprint density at radius 1 is 1.19 bits per heavy atom. The van der Waals surface area contributed by atoms with Crippen LogP contribution in [0.3, 0.4) is 0 Å². The summed E-state index contributed by atoms with van der Waals surface area (Å²) in [6.07, 6.45) is 4.59. The van der Waals surface area contributed by atoms with Crippen LogP contribution in [0.2, 0.25) is 0 Å². The fourth-order valence-corrected chi connectivity index (χ4v) is 3.68.